The smallest absolute Gasteiger partial charge is 0.335 e. The molecule has 0 aliphatic heterocycles. The van der Waals surface area contributed by atoms with E-state index in [1.54, 1.807) is 73.1 Å². The van der Waals surface area contributed by atoms with Crippen LogP contribution in [0.5, 0.6) is 0 Å². The molecule has 2 aromatic carbocycles. The van der Waals surface area contributed by atoms with E-state index in [4.69, 9.17) is 10.2 Å². The van der Waals surface area contributed by atoms with E-state index in [1.807, 2.05) is 18.2 Å². The quantitative estimate of drug-likeness (QED) is 0.748. The van der Waals surface area contributed by atoms with Crippen LogP contribution in [0.2, 0.25) is 0 Å². The number of rotatable bonds is 2. The largest absolute Gasteiger partial charge is 0.478 e. The van der Waals surface area contributed by atoms with Crippen molar-refractivity contribution in [1.82, 2.24) is 4.98 Å². The number of aromatic carboxylic acids is 2. The summed E-state index contributed by atoms with van der Waals surface area (Å²) in [5.74, 6) is -1.76. The number of nitrogens with zero attached hydrogens (tertiary/aromatic N) is 1. The van der Waals surface area contributed by atoms with Crippen LogP contribution in [0.4, 0.5) is 0 Å². The maximum atomic E-state index is 10.2. The van der Waals surface area contributed by atoms with Crippen LogP contribution in [0.1, 0.15) is 20.7 Å². The van der Waals surface area contributed by atoms with Gasteiger partial charge < -0.3 is 10.2 Å². The van der Waals surface area contributed by atoms with Gasteiger partial charge in [-0.3, -0.25) is 4.98 Å². The average molecular weight is 323 g/mol. The zero-order valence-electron chi connectivity index (χ0n) is 12.8. The second-order valence-corrected chi connectivity index (χ2v) is 4.37. The molecule has 0 radical (unpaired) electrons. The third kappa shape index (κ3) is 8.09. The summed E-state index contributed by atoms with van der Waals surface area (Å²) in [6.45, 7) is 0. The minimum atomic E-state index is -0.879. The first-order chi connectivity index (χ1) is 11.6. The molecule has 5 heteroatoms. The van der Waals surface area contributed by atoms with E-state index in [0.717, 1.165) is 0 Å². The molecule has 0 aliphatic carbocycles. The van der Waals surface area contributed by atoms with Gasteiger partial charge in [0, 0.05) is 12.4 Å². The van der Waals surface area contributed by atoms with Crippen LogP contribution in [0, 0.1) is 0 Å². The predicted octanol–water partition coefficient (Wildman–Crippen LogP) is 3.85. The number of hydrogen-bond donors (Lipinski definition) is 2. The summed E-state index contributed by atoms with van der Waals surface area (Å²) in [7, 11) is 0. The summed E-state index contributed by atoms with van der Waals surface area (Å²) in [6.07, 6.45) is 3.50. The maximum Gasteiger partial charge on any atom is 0.335 e. The number of benzene rings is 2. The van der Waals surface area contributed by atoms with E-state index < -0.39 is 11.9 Å². The van der Waals surface area contributed by atoms with Crippen molar-refractivity contribution in [2.45, 2.75) is 0 Å². The molecule has 0 bridgehead atoms. The normalized spacial score (nSPS) is 8.67. The Morgan fingerprint density at radius 3 is 1.08 bits per heavy atom. The molecule has 0 unspecified atom stereocenters. The lowest BCUT2D eigenvalue weighted by molar-refractivity contribution is 0.0686. The highest BCUT2D eigenvalue weighted by Gasteiger charge is 1.97. The molecule has 0 atom stereocenters. The lowest BCUT2D eigenvalue weighted by Crippen LogP contribution is -1.93. The highest BCUT2D eigenvalue weighted by Crippen LogP contribution is 1.96. The summed E-state index contributed by atoms with van der Waals surface area (Å²) in [5.41, 5.74) is 0.662. The fourth-order valence-electron chi connectivity index (χ4n) is 1.47. The van der Waals surface area contributed by atoms with Crippen molar-refractivity contribution in [2.24, 2.45) is 0 Å². The highest BCUT2D eigenvalue weighted by molar-refractivity contribution is 5.87. The average Bonchev–Trinajstić information content (AvgIpc) is 2.65. The molecule has 1 aromatic heterocycles. The van der Waals surface area contributed by atoms with Crippen molar-refractivity contribution in [2.75, 3.05) is 0 Å². The van der Waals surface area contributed by atoms with Gasteiger partial charge in [0.15, 0.2) is 0 Å². The molecule has 0 spiro atoms. The number of aromatic nitrogens is 1. The van der Waals surface area contributed by atoms with Crippen molar-refractivity contribution in [3.63, 3.8) is 0 Å². The third-order valence-electron chi connectivity index (χ3n) is 2.61. The first kappa shape index (κ1) is 18.6. The van der Waals surface area contributed by atoms with E-state index in [9.17, 15) is 9.59 Å². The van der Waals surface area contributed by atoms with Gasteiger partial charge in [0.25, 0.3) is 0 Å². The van der Waals surface area contributed by atoms with Gasteiger partial charge in [-0.1, -0.05) is 42.5 Å². The molecule has 3 aromatic rings. The van der Waals surface area contributed by atoms with Crippen molar-refractivity contribution < 1.29 is 19.8 Å². The molecule has 0 fully saturated rings. The summed E-state index contributed by atoms with van der Waals surface area (Å²) >= 11 is 0. The molecule has 1 heterocycles. The van der Waals surface area contributed by atoms with Gasteiger partial charge in [-0.25, -0.2) is 9.59 Å². The van der Waals surface area contributed by atoms with Crippen LogP contribution in [0.3, 0.4) is 0 Å². The molecule has 2 N–H and O–H groups in total. The Kier molecular flexibility index (Phi) is 8.63. The summed E-state index contributed by atoms with van der Waals surface area (Å²) < 4.78 is 0. The highest BCUT2D eigenvalue weighted by atomic mass is 16.4. The number of carboxylic acid groups (broad SMARTS) is 2. The fraction of sp³-hybridized carbons (Fsp3) is 0. The van der Waals surface area contributed by atoms with Gasteiger partial charge in [-0.05, 0) is 36.4 Å². The van der Waals surface area contributed by atoms with Crippen LogP contribution >= 0.6 is 0 Å². The van der Waals surface area contributed by atoms with Gasteiger partial charge in [0.1, 0.15) is 0 Å². The van der Waals surface area contributed by atoms with Crippen molar-refractivity contribution >= 4 is 11.9 Å². The van der Waals surface area contributed by atoms with Gasteiger partial charge in [0.2, 0.25) is 0 Å². The lowest BCUT2D eigenvalue weighted by Gasteiger charge is -1.88. The standard InChI is InChI=1S/2C7H6O2.C5H5N/c2*8-7(9)6-4-2-1-3-5-6;1-2-4-6-5-3-1/h2*1-5H,(H,8,9);1-5H. The van der Waals surface area contributed by atoms with Gasteiger partial charge in [0.05, 0.1) is 11.1 Å². The fourth-order valence-corrected chi connectivity index (χ4v) is 1.47. The molecule has 5 nitrogen and oxygen atoms in total. The van der Waals surface area contributed by atoms with Crippen LogP contribution < -0.4 is 0 Å². The van der Waals surface area contributed by atoms with Crippen molar-refractivity contribution in [3.05, 3.63) is 102 Å². The molecule has 24 heavy (non-hydrogen) atoms. The summed E-state index contributed by atoms with van der Waals surface area (Å²) in [4.78, 5) is 24.2. The Hall–Kier alpha value is -3.47. The Morgan fingerprint density at radius 2 is 0.917 bits per heavy atom. The second kappa shape index (κ2) is 11.1. The molecule has 0 saturated heterocycles. The topological polar surface area (TPSA) is 87.5 Å². The van der Waals surface area contributed by atoms with Crippen molar-refractivity contribution in [3.8, 4) is 0 Å². The SMILES string of the molecule is O=C(O)c1ccccc1.O=C(O)c1ccccc1.c1ccncc1. The van der Waals surface area contributed by atoms with Gasteiger partial charge in [-0.15, -0.1) is 0 Å². The predicted molar refractivity (Wildman–Crippen MR) is 91.0 cm³/mol. The zero-order valence-corrected chi connectivity index (χ0v) is 12.8. The van der Waals surface area contributed by atoms with Gasteiger partial charge in [-0.2, -0.15) is 0 Å². The molecular formula is C19H17NO4. The molecule has 0 aliphatic rings. The second-order valence-electron chi connectivity index (χ2n) is 4.37. The Morgan fingerprint density at radius 1 is 0.583 bits per heavy atom. The number of pyridine rings is 1. The van der Waals surface area contributed by atoms with Crippen LogP contribution in [-0.2, 0) is 0 Å². The zero-order chi connectivity index (χ0) is 17.6. The van der Waals surface area contributed by atoms with E-state index in [-0.39, 0.29) is 0 Å². The first-order valence-electron chi connectivity index (χ1n) is 7.03. The van der Waals surface area contributed by atoms with Crippen molar-refractivity contribution in [1.29, 1.82) is 0 Å². The number of carbonyl (C=O) groups is 2. The molecule has 0 saturated carbocycles. The Bertz CT molecular complexity index is 640. The summed E-state index contributed by atoms with van der Waals surface area (Å²) in [5, 5.41) is 16.8. The Labute approximate surface area is 139 Å². The molecule has 0 amide bonds. The van der Waals surface area contributed by atoms with E-state index in [2.05, 4.69) is 4.98 Å². The van der Waals surface area contributed by atoms with E-state index in [0.29, 0.717) is 11.1 Å². The third-order valence-corrected chi connectivity index (χ3v) is 2.61. The molecule has 122 valence electrons. The lowest BCUT2D eigenvalue weighted by atomic mass is 10.2. The first-order valence-corrected chi connectivity index (χ1v) is 7.03. The van der Waals surface area contributed by atoms with Crippen LogP contribution in [0.25, 0.3) is 0 Å². The van der Waals surface area contributed by atoms with E-state index in [1.165, 1.54) is 0 Å². The number of carboxylic acids is 2. The molecule has 3 rings (SSSR count). The Balaban J connectivity index is 0.000000184. The molecular weight excluding hydrogens is 306 g/mol. The number of hydrogen-bond acceptors (Lipinski definition) is 3. The van der Waals surface area contributed by atoms with Gasteiger partial charge >= 0.3 is 11.9 Å². The van der Waals surface area contributed by atoms with E-state index >= 15 is 0 Å². The van der Waals surface area contributed by atoms with Crippen LogP contribution in [0.15, 0.2) is 91.3 Å². The monoisotopic (exact) mass is 323 g/mol. The minimum absolute atomic E-state index is 0.331. The van der Waals surface area contributed by atoms with Crippen LogP contribution in [-0.4, -0.2) is 27.1 Å². The minimum Gasteiger partial charge on any atom is -0.478 e. The maximum absolute atomic E-state index is 10.2. The summed E-state index contributed by atoms with van der Waals surface area (Å²) in [6, 6.07) is 22.3.